The van der Waals surface area contributed by atoms with E-state index in [9.17, 15) is 8.42 Å². The Morgan fingerprint density at radius 2 is 1.96 bits per heavy atom. The first-order chi connectivity index (χ1) is 11.0. The Morgan fingerprint density at radius 1 is 1.13 bits per heavy atom. The van der Waals surface area contributed by atoms with Crippen molar-refractivity contribution in [1.29, 1.82) is 0 Å². The summed E-state index contributed by atoms with van der Waals surface area (Å²) in [7, 11) is -3.29. The summed E-state index contributed by atoms with van der Waals surface area (Å²) in [6.45, 7) is 0.464. The molecule has 3 rings (SSSR count). The molecule has 3 N–H and O–H groups in total. The second kappa shape index (κ2) is 6.06. The van der Waals surface area contributed by atoms with Crippen molar-refractivity contribution < 1.29 is 13.2 Å². The minimum atomic E-state index is -3.29. The Morgan fingerprint density at radius 3 is 2.70 bits per heavy atom. The van der Waals surface area contributed by atoms with Crippen LogP contribution in [0.15, 0.2) is 53.6 Å². The van der Waals surface area contributed by atoms with E-state index in [0.717, 1.165) is 16.5 Å². The van der Waals surface area contributed by atoms with E-state index in [-0.39, 0.29) is 4.90 Å². The number of rotatable bonds is 5. The van der Waals surface area contributed by atoms with Crippen molar-refractivity contribution in [1.82, 2.24) is 4.98 Å². The van der Waals surface area contributed by atoms with E-state index < -0.39 is 9.84 Å². The maximum atomic E-state index is 11.8. The van der Waals surface area contributed by atoms with Gasteiger partial charge in [0.2, 0.25) is 0 Å². The predicted octanol–water partition coefficient (Wildman–Crippen LogP) is 2.86. The maximum Gasteiger partial charge on any atom is 0.175 e. The standard InChI is InChI=1S/C17H18N2O3S/c1-23(20,21)15-4-2-12(6-8-18)17(11-15)22-14-3-5-16-13(10-14)7-9-19-16/h2-5,7,9-11,19H,6,8,18H2,1H3. The van der Waals surface area contributed by atoms with Crippen LogP contribution in [0.4, 0.5) is 0 Å². The molecule has 0 unspecified atom stereocenters. The van der Waals surface area contributed by atoms with Crippen LogP contribution < -0.4 is 10.5 Å². The van der Waals surface area contributed by atoms with Gasteiger partial charge in [0.15, 0.2) is 9.84 Å². The molecular weight excluding hydrogens is 312 g/mol. The van der Waals surface area contributed by atoms with Crippen molar-refractivity contribution in [3.8, 4) is 11.5 Å². The van der Waals surface area contributed by atoms with Gasteiger partial charge in [-0.1, -0.05) is 6.07 Å². The highest BCUT2D eigenvalue weighted by Gasteiger charge is 2.13. The van der Waals surface area contributed by atoms with Crippen molar-refractivity contribution in [3.63, 3.8) is 0 Å². The molecule has 0 spiro atoms. The third-order valence-corrected chi connectivity index (χ3v) is 4.74. The second-order valence-electron chi connectivity index (χ2n) is 5.41. The summed E-state index contributed by atoms with van der Waals surface area (Å²) in [6, 6.07) is 12.5. The lowest BCUT2D eigenvalue weighted by molar-refractivity contribution is 0.475. The molecule has 0 saturated heterocycles. The van der Waals surface area contributed by atoms with Gasteiger partial charge < -0.3 is 15.5 Å². The van der Waals surface area contributed by atoms with Gasteiger partial charge in [-0.15, -0.1) is 0 Å². The van der Waals surface area contributed by atoms with E-state index >= 15 is 0 Å². The Bertz CT molecular complexity index is 945. The number of hydrogen-bond acceptors (Lipinski definition) is 4. The number of fused-ring (bicyclic) bond motifs is 1. The van der Waals surface area contributed by atoms with E-state index in [0.29, 0.717) is 24.5 Å². The number of benzene rings is 2. The number of H-pyrrole nitrogens is 1. The third kappa shape index (κ3) is 3.38. The molecule has 6 heteroatoms. The highest BCUT2D eigenvalue weighted by molar-refractivity contribution is 7.90. The van der Waals surface area contributed by atoms with Crippen LogP contribution in [0.1, 0.15) is 5.56 Å². The van der Waals surface area contributed by atoms with Gasteiger partial charge in [-0.25, -0.2) is 8.42 Å². The molecule has 0 aliphatic heterocycles. The monoisotopic (exact) mass is 330 g/mol. The molecule has 120 valence electrons. The fourth-order valence-corrected chi connectivity index (χ4v) is 3.08. The van der Waals surface area contributed by atoms with Crippen molar-refractivity contribution in [3.05, 3.63) is 54.2 Å². The maximum absolute atomic E-state index is 11.8. The average Bonchev–Trinajstić information content (AvgIpc) is 2.96. The molecule has 1 aromatic heterocycles. The van der Waals surface area contributed by atoms with Crippen molar-refractivity contribution >= 4 is 20.7 Å². The summed E-state index contributed by atoms with van der Waals surface area (Å²) in [5.74, 6) is 1.18. The summed E-state index contributed by atoms with van der Waals surface area (Å²) >= 11 is 0. The van der Waals surface area contributed by atoms with Crippen LogP contribution in [0.25, 0.3) is 10.9 Å². The smallest absolute Gasteiger partial charge is 0.175 e. The summed E-state index contributed by atoms with van der Waals surface area (Å²) in [6.07, 6.45) is 3.66. The average molecular weight is 330 g/mol. The zero-order valence-electron chi connectivity index (χ0n) is 12.7. The molecule has 0 fully saturated rings. The molecule has 0 aliphatic rings. The van der Waals surface area contributed by atoms with Crippen LogP contribution in [0.3, 0.4) is 0 Å². The van der Waals surface area contributed by atoms with E-state index in [2.05, 4.69) is 4.98 Å². The van der Waals surface area contributed by atoms with Crippen LogP contribution >= 0.6 is 0 Å². The van der Waals surface area contributed by atoms with Crippen molar-refractivity contribution in [2.75, 3.05) is 12.8 Å². The summed E-state index contributed by atoms with van der Waals surface area (Å²) in [4.78, 5) is 3.35. The molecule has 0 radical (unpaired) electrons. The lowest BCUT2D eigenvalue weighted by Crippen LogP contribution is -2.05. The summed E-state index contributed by atoms with van der Waals surface area (Å²) in [5.41, 5.74) is 7.53. The Balaban J connectivity index is 2.01. The molecule has 5 nitrogen and oxygen atoms in total. The van der Waals surface area contributed by atoms with Gasteiger partial charge in [0.1, 0.15) is 11.5 Å². The largest absolute Gasteiger partial charge is 0.457 e. The van der Waals surface area contributed by atoms with Crippen LogP contribution in [0.5, 0.6) is 11.5 Å². The van der Waals surface area contributed by atoms with Gasteiger partial charge >= 0.3 is 0 Å². The number of ether oxygens (including phenoxy) is 1. The summed E-state index contributed by atoms with van der Waals surface area (Å²) < 4.78 is 29.5. The Labute approximate surface area is 135 Å². The van der Waals surface area contributed by atoms with E-state index in [1.165, 1.54) is 6.26 Å². The minimum Gasteiger partial charge on any atom is -0.457 e. The van der Waals surface area contributed by atoms with Gasteiger partial charge in [0.25, 0.3) is 0 Å². The quantitative estimate of drug-likeness (QED) is 0.753. The van der Waals surface area contributed by atoms with Crippen LogP contribution in [-0.4, -0.2) is 26.2 Å². The van der Waals surface area contributed by atoms with E-state index in [1.54, 1.807) is 18.2 Å². The van der Waals surface area contributed by atoms with Gasteiger partial charge in [-0.3, -0.25) is 0 Å². The fourth-order valence-electron chi connectivity index (χ4n) is 2.44. The van der Waals surface area contributed by atoms with E-state index in [4.69, 9.17) is 10.5 Å². The lowest BCUT2D eigenvalue weighted by atomic mass is 10.1. The molecule has 0 amide bonds. The van der Waals surface area contributed by atoms with Gasteiger partial charge in [-0.2, -0.15) is 0 Å². The highest BCUT2D eigenvalue weighted by atomic mass is 32.2. The molecule has 3 aromatic rings. The number of nitrogens with one attached hydrogen (secondary N) is 1. The number of sulfone groups is 1. The number of hydrogen-bond donors (Lipinski definition) is 2. The van der Waals surface area contributed by atoms with Crippen molar-refractivity contribution in [2.24, 2.45) is 5.73 Å². The zero-order chi connectivity index (χ0) is 16.4. The Kier molecular flexibility index (Phi) is 4.11. The van der Waals surface area contributed by atoms with Gasteiger partial charge in [-0.05, 0) is 54.9 Å². The normalized spacial score (nSPS) is 11.7. The van der Waals surface area contributed by atoms with Crippen LogP contribution in [0, 0.1) is 0 Å². The third-order valence-electron chi connectivity index (χ3n) is 3.63. The Hall–Kier alpha value is -2.31. The molecule has 0 atom stereocenters. The van der Waals surface area contributed by atoms with Crippen molar-refractivity contribution in [2.45, 2.75) is 11.3 Å². The number of nitrogens with two attached hydrogens (primary N) is 1. The molecule has 1 heterocycles. The lowest BCUT2D eigenvalue weighted by Gasteiger charge is -2.12. The molecule has 23 heavy (non-hydrogen) atoms. The second-order valence-corrected chi connectivity index (χ2v) is 7.42. The van der Waals surface area contributed by atoms with Gasteiger partial charge in [0, 0.05) is 23.4 Å². The minimum absolute atomic E-state index is 0.232. The van der Waals surface area contributed by atoms with E-state index in [1.807, 2.05) is 30.5 Å². The molecular formula is C17H18N2O3S. The molecule has 0 saturated carbocycles. The zero-order valence-corrected chi connectivity index (χ0v) is 13.6. The predicted molar refractivity (Wildman–Crippen MR) is 90.7 cm³/mol. The first kappa shape index (κ1) is 15.6. The fraction of sp³-hybridized carbons (Fsp3) is 0.176. The molecule has 0 bridgehead atoms. The number of aromatic nitrogens is 1. The SMILES string of the molecule is CS(=O)(=O)c1ccc(CCN)c(Oc2ccc3[nH]ccc3c2)c1. The van der Waals surface area contributed by atoms with Crippen LogP contribution in [-0.2, 0) is 16.3 Å². The first-order valence-electron chi connectivity index (χ1n) is 7.25. The van der Waals surface area contributed by atoms with Gasteiger partial charge in [0.05, 0.1) is 4.90 Å². The highest BCUT2D eigenvalue weighted by Crippen LogP contribution is 2.30. The summed E-state index contributed by atoms with van der Waals surface area (Å²) in [5, 5.41) is 1.03. The molecule has 2 aromatic carbocycles. The van der Waals surface area contributed by atoms with Crippen LogP contribution in [0.2, 0.25) is 0 Å². The first-order valence-corrected chi connectivity index (χ1v) is 9.14. The molecule has 0 aliphatic carbocycles. The number of aromatic amines is 1. The topological polar surface area (TPSA) is 85.2 Å².